The number of pyridine rings is 1. The van der Waals surface area contributed by atoms with Crippen LogP contribution in [0.3, 0.4) is 0 Å². The third kappa shape index (κ3) is 4.78. The number of carbonyl (C=O) groups excluding carboxylic acids is 1. The summed E-state index contributed by atoms with van der Waals surface area (Å²) in [4.78, 5) is 17.6. The average Bonchev–Trinajstić information content (AvgIpc) is 3.22. The maximum absolute atomic E-state index is 13.2. The van der Waals surface area contributed by atoms with E-state index in [1.807, 2.05) is 63.5 Å². The number of hydrogen-bond donors (Lipinski definition) is 3. The van der Waals surface area contributed by atoms with Gasteiger partial charge in [-0.15, -0.1) is 0 Å². The minimum absolute atomic E-state index is 0.0108. The average molecular weight is 430 g/mol. The fraction of sp³-hybridized carbons (Fsp3) is 0.240. The van der Waals surface area contributed by atoms with Crippen LogP contribution in [0.1, 0.15) is 40.0 Å². The van der Waals surface area contributed by atoms with Gasteiger partial charge >= 0.3 is 0 Å². The fourth-order valence-electron chi connectivity index (χ4n) is 3.67. The normalized spacial score (nSPS) is 13.0. The van der Waals surface area contributed by atoms with E-state index in [-0.39, 0.29) is 24.6 Å². The number of nitrogens with zero attached hydrogens (tertiary/aromatic N) is 3. The Bertz CT molecular complexity index is 1250. The molecule has 3 N–H and O–H groups in total. The molecule has 0 aliphatic heterocycles. The summed E-state index contributed by atoms with van der Waals surface area (Å²) in [5.74, 6) is 0.488. The number of anilines is 1. The second-order valence-electron chi connectivity index (χ2n) is 8.13. The van der Waals surface area contributed by atoms with Gasteiger partial charge in [-0.25, -0.2) is 4.98 Å². The molecule has 7 nitrogen and oxygen atoms in total. The quantitative estimate of drug-likeness (QED) is 0.418. The first-order valence-electron chi connectivity index (χ1n) is 10.6. The van der Waals surface area contributed by atoms with Gasteiger partial charge in [-0.05, 0) is 43.0 Å². The van der Waals surface area contributed by atoms with Gasteiger partial charge in [-0.2, -0.15) is 5.10 Å². The lowest BCUT2D eigenvalue weighted by molar-refractivity contribution is 0.0943. The number of nitrogens with one attached hydrogen (secondary N) is 2. The highest BCUT2D eigenvalue weighted by atomic mass is 16.3. The first-order chi connectivity index (χ1) is 15.4. The maximum Gasteiger partial charge on any atom is 0.252 e. The Hall–Kier alpha value is -3.71. The van der Waals surface area contributed by atoms with Gasteiger partial charge in [0.15, 0.2) is 0 Å². The van der Waals surface area contributed by atoms with Gasteiger partial charge < -0.3 is 15.7 Å². The number of aryl methyl sites for hydroxylation is 2. The predicted octanol–water partition coefficient (Wildman–Crippen LogP) is 3.59. The summed E-state index contributed by atoms with van der Waals surface area (Å²) in [6.07, 6.45) is 5.45. The maximum atomic E-state index is 13.2. The number of amides is 1. The van der Waals surface area contributed by atoms with Gasteiger partial charge in [0.25, 0.3) is 5.91 Å². The van der Waals surface area contributed by atoms with Gasteiger partial charge in [0.2, 0.25) is 0 Å². The molecule has 32 heavy (non-hydrogen) atoms. The molecule has 164 valence electrons. The van der Waals surface area contributed by atoms with Gasteiger partial charge in [0, 0.05) is 42.0 Å². The lowest BCUT2D eigenvalue weighted by Gasteiger charge is -2.19. The van der Waals surface area contributed by atoms with Crippen LogP contribution in [-0.4, -0.2) is 38.4 Å². The van der Waals surface area contributed by atoms with Crippen molar-refractivity contribution in [2.75, 3.05) is 11.9 Å². The van der Waals surface area contributed by atoms with E-state index in [1.165, 1.54) is 0 Å². The Morgan fingerprint density at radius 1 is 1.09 bits per heavy atom. The minimum atomic E-state index is -0.313. The van der Waals surface area contributed by atoms with Crippen LogP contribution in [0.15, 0.2) is 67.1 Å². The molecule has 4 rings (SSSR count). The van der Waals surface area contributed by atoms with Gasteiger partial charge in [-0.3, -0.25) is 9.48 Å². The van der Waals surface area contributed by atoms with Crippen LogP contribution in [0, 0.1) is 6.92 Å². The van der Waals surface area contributed by atoms with Crippen molar-refractivity contribution in [3.05, 3.63) is 89.4 Å². The molecule has 0 saturated carbocycles. The smallest absolute Gasteiger partial charge is 0.252 e. The van der Waals surface area contributed by atoms with Crippen molar-refractivity contribution in [3.8, 4) is 0 Å². The van der Waals surface area contributed by atoms with Crippen LogP contribution in [0.2, 0.25) is 0 Å². The third-order valence-electron chi connectivity index (χ3n) is 5.36. The summed E-state index contributed by atoms with van der Waals surface area (Å²) in [5.41, 5.74) is 3.61. The number of aliphatic hydroxyl groups excluding tert-OH is 1. The van der Waals surface area contributed by atoms with Crippen LogP contribution in [-0.2, 0) is 7.05 Å². The molecule has 0 spiro atoms. The number of carbonyl (C=O) groups is 1. The third-order valence-corrected chi connectivity index (χ3v) is 5.36. The summed E-state index contributed by atoms with van der Waals surface area (Å²) in [6, 6.07) is 15.1. The molecular formula is C25H27N5O2. The Morgan fingerprint density at radius 2 is 1.94 bits per heavy atom. The van der Waals surface area contributed by atoms with E-state index in [2.05, 4.69) is 26.8 Å². The molecule has 0 fully saturated rings. The lowest BCUT2D eigenvalue weighted by Crippen LogP contribution is -2.29. The van der Waals surface area contributed by atoms with Crippen LogP contribution in [0.5, 0.6) is 0 Å². The summed E-state index contributed by atoms with van der Waals surface area (Å²) in [6.45, 7) is 3.92. The number of benzene rings is 2. The minimum Gasteiger partial charge on any atom is -0.394 e. The highest BCUT2D eigenvalue weighted by Gasteiger charge is 2.20. The van der Waals surface area contributed by atoms with E-state index < -0.39 is 0 Å². The van der Waals surface area contributed by atoms with Crippen molar-refractivity contribution in [3.63, 3.8) is 0 Å². The van der Waals surface area contributed by atoms with Crippen LogP contribution >= 0.6 is 0 Å². The summed E-state index contributed by atoms with van der Waals surface area (Å²) < 4.78 is 1.73. The largest absolute Gasteiger partial charge is 0.394 e. The Labute approximate surface area is 187 Å². The molecule has 0 aliphatic rings. The molecular weight excluding hydrogens is 402 g/mol. The van der Waals surface area contributed by atoms with E-state index in [9.17, 15) is 9.90 Å². The second kappa shape index (κ2) is 9.20. The highest BCUT2D eigenvalue weighted by molar-refractivity contribution is 5.99. The Kier molecular flexibility index (Phi) is 6.18. The molecule has 0 radical (unpaired) electrons. The monoisotopic (exact) mass is 429 g/mol. The Morgan fingerprint density at radius 3 is 2.66 bits per heavy atom. The molecule has 2 heterocycles. The van der Waals surface area contributed by atoms with Crippen LogP contribution in [0.4, 0.5) is 5.82 Å². The lowest BCUT2D eigenvalue weighted by atomic mass is 9.99. The zero-order valence-corrected chi connectivity index (χ0v) is 18.4. The number of aliphatic hydroxyl groups is 1. The summed E-state index contributed by atoms with van der Waals surface area (Å²) >= 11 is 0. The molecule has 2 aromatic carbocycles. The van der Waals surface area contributed by atoms with Crippen molar-refractivity contribution >= 4 is 22.5 Å². The summed E-state index contributed by atoms with van der Waals surface area (Å²) in [5, 5.41) is 21.7. The van der Waals surface area contributed by atoms with Crippen LogP contribution in [0.25, 0.3) is 10.8 Å². The fourth-order valence-corrected chi connectivity index (χ4v) is 3.67. The Balaban J connectivity index is 1.64. The van der Waals surface area contributed by atoms with Crippen molar-refractivity contribution < 1.29 is 9.90 Å². The predicted molar refractivity (Wildman–Crippen MR) is 126 cm³/mol. The molecule has 0 aliphatic carbocycles. The molecule has 2 atom stereocenters. The number of fused-ring (bicyclic) bond motifs is 1. The van der Waals surface area contributed by atoms with E-state index in [0.29, 0.717) is 11.4 Å². The second-order valence-corrected chi connectivity index (χ2v) is 8.13. The van der Waals surface area contributed by atoms with Crippen molar-refractivity contribution in [1.82, 2.24) is 20.1 Å². The first kappa shape index (κ1) is 21.5. The van der Waals surface area contributed by atoms with Gasteiger partial charge in [0.1, 0.15) is 5.82 Å². The van der Waals surface area contributed by atoms with E-state index in [0.717, 1.165) is 27.5 Å². The summed E-state index contributed by atoms with van der Waals surface area (Å²) in [7, 11) is 1.86. The molecule has 1 amide bonds. The van der Waals surface area contributed by atoms with E-state index >= 15 is 0 Å². The van der Waals surface area contributed by atoms with Crippen molar-refractivity contribution in [2.45, 2.75) is 25.9 Å². The molecule has 0 saturated heterocycles. The molecule has 7 heteroatoms. The zero-order valence-electron chi connectivity index (χ0n) is 18.4. The van der Waals surface area contributed by atoms with Crippen molar-refractivity contribution in [2.24, 2.45) is 7.05 Å². The molecule has 2 aromatic heterocycles. The molecule has 4 aromatic rings. The van der Waals surface area contributed by atoms with Crippen LogP contribution < -0.4 is 10.6 Å². The van der Waals surface area contributed by atoms with Gasteiger partial charge in [-0.1, -0.05) is 35.9 Å². The van der Waals surface area contributed by atoms with E-state index in [4.69, 9.17) is 0 Å². The number of hydrogen-bond acceptors (Lipinski definition) is 5. The van der Waals surface area contributed by atoms with E-state index in [1.54, 1.807) is 23.1 Å². The molecule has 0 bridgehead atoms. The van der Waals surface area contributed by atoms with Gasteiger partial charge in [0.05, 0.1) is 18.8 Å². The zero-order chi connectivity index (χ0) is 22.7. The van der Waals surface area contributed by atoms with Crippen molar-refractivity contribution in [1.29, 1.82) is 0 Å². The number of rotatable bonds is 7. The standard InChI is InChI=1S/C25H27N5O2/c1-16-5-4-6-18(9-16)24(22-13-27-30(3)14-22)29-25(32)19-7-8-20-12-26-23(11-21(20)10-19)28-17(2)15-31/h4-14,17,24,31H,15H2,1-3H3,(H,26,28)(H,29,32)/t17-,24-/m0/s1. The molecule has 0 unspecified atom stereocenters. The number of aromatic nitrogens is 3. The highest BCUT2D eigenvalue weighted by Crippen LogP contribution is 2.24. The topological polar surface area (TPSA) is 92.1 Å². The SMILES string of the molecule is Cc1cccc([C@H](NC(=O)c2ccc3cnc(N[C@@H](C)CO)cc3c2)c2cnn(C)c2)c1. The first-order valence-corrected chi connectivity index (χ1v) is 10.6.